The molecule has 2 N–H and O–H groups in total. The third-order valence-corrected chi connectivity index (χ3v) is 3.42. The number of anilines is 1. The van der Waals surface area contributed by atoms with Crippen molar-refractivity contribution in [2.24, 2.45) is 0 Å². The molecule has 21 heavy (non-hydrogen) atoms. The van der Waals surface area contributed by atoms with Crippen molar-refractivity contribution < 1.29 is 19.4 Å². The molecule has 6 heteroatoms. The number of carboxylic acid groups (broad SMARTS) is 1. The molecule has 1 aliphatic heterocycles. The van der Waals surface area contributed by atoms with Gasteiger partial charge in [0, 0.05) is 10.6 Å². The van der Waals surface area contributed by atoms with Crippen molar-refractivity contribution in [2.75, 3.05) is 5.32 Å². The molecule has 1 atom stereocenters. The number of cyclic esters (lactones) is 1. The number of para-hydroxylation sites is 1. The summed E-state index contributed by atoms with van der Waals surface area (Å²) in [5.74, 6) is -1.63. The highest BCUT2D eigenvalue weighted by molar-refractivity contribution is 6.31. The number of carbonyl (C=O) groups excluding carboxylic acids is 1. The van der Waals surface area contributed by atoms with Gasteiger partial charge in [-0.15, -0.1) is 0 Å². The molecule has 0 fully saturated rings. The number of fused-ring (bicyclic) bond motifs is 1. The summed E-state index contributed by atoms with van der Waals surface area (Å²) in [5, 5.41) is 12.6. The zero-order valence-corrected chi connectivity index (χ0v) is 11.4. The lowest BCUT2D eigenvalue weighted by Crippen LogP contribution is -2.27. The molecular formula is C15H10ClNO4. The van der Waals surface area contributed by atoms with Gasteiger partial charge in [-0.3, -0.25) is 0 Å². The monoisotopic (exact) mass is 303 g/mol. The number of benzene rings is 2. The fraction of sp³-hybridized carbons (Fsp3) is 0.0667. The zero-order valence-electron chi connectivity index (χ0n) is 10.7. The number of nitrogens with one attached hydrogen (secondary N) is 1. The SMILES string of the molecule is O=C1O[C@@H](c2ccc(Cl)cc2C(=O)O)Nc2ccccc21. The number of carboxylic acids is 1. The zero-order chi connectivity index (χ0) is 15.0. The Labute approximate surface area is 125 Å². The first-order valence-corrected chi connectivity index (χ1v) is 6.53. The Bertz CT molecular complexity index is 744. The quantitative estimate of drug-likeness (QED) is 0.832. The second kappa shape index (κ2) is 5.10. The summed E-state index contributed by atoms with van der Waals surface area (Å²) in [6.07, 6.45) is -0.865. The first-order valence-electron chi connectivity index (χ1n) is 6.15. The van der Waals surface area contributed by atoms with Crippen LogP contribution in [0.4, 0.5) is 5.69 Å². The molecule has 0 bridgehead atoms. The molecule has 0 aromatic heterocycles. The molecule has 0 radical (unpaired) electrons. The van der Waals surface area contributed by atoms with Crippen LogP contribution in [0, 0.1) is 0 Å². The van der Waals surface area contributed by atoms with Gasteiger partial charge in [-0.25, -0.2) is 9.59 Å². The predicted octanol–water partition coefficient (Wildman–Crippen LogP) is 3.32. The third-order valence-electron chi connectivity index (χ3n) is 3.19. The van der Waals surface area contributed by atoms with Crippen molar-refractivity contribution in [1.29, 1.82) is 0 Å². The minimum atomic E-state index is -1.13. The minimum absolute atomic E-state index is 0.00724. The molecule has 0 spiro atoms. The van der Waals surface area contributed by atoms with Crippen molar-refractivity contribution in [3.63, 3.8) is 0 Å². The van der Waals surface area contributed by atoms with Crippen LogP contribution in [0.5, 0.6) is 0 Å². The minimum Gasteiger partial charge on any atom is -0.478 e. The Morgan fingerprint density at radius 3 is 2.76 bits per heavy atom. The van der Waals surface area contributed by atoms with Gasteiger partial charge in [-0.1, -0.05) is 29.8 Å². The topological polar surface area (TPSA) is 75.6 Å². The first kappa shape index (κ1) is 13.5. The number of hydrogen-bond acceptors (Lipinski definition) is 4. The van der Waals surface area contributed by atoms with Gasteiger partial charge in [-0.05, 0) is 24.3 Å². The Kier molecular flexibility index (Phi) is 3.27. The lowest BCUT2D eigenvalue weighted by atomic mass is 10.0. The van der Waals surface area contributed by atoms with E-state index in [9.17, 15) is 14.7 Å². The highest BCUT2D eigenvalue weighted by Gasteiger charge is 2.29. The Hall–Kier alpha value is -2.53. The van der Waals surface area contributed by atoms with Crippen LogP contribution in [0.15, 0.2) is 42.5 Å². The van der Waals surface area contributed by atoms with Gasteiger partial charge < -0.3 is 15.2 Å². The smallest absolute Gasteiger partial charge is 0.342 e. The molecule has 5 nitrogen and oxygen atoms in total. The van der Waals surface area contributed by atoms with Crippen molar-refractivity contribution in [3.8, 4) is 0 Å². The summed E-state index contributed by atoms with van der Waals surface area (Å²) in [6.45, 7) is 0. The second-order valence-electron chi connectivity index (χ2n) is 4.51. The van der Waals surface area contributed by atoms with Crippen LogP contribution in [-0.2, 0) is 4.74 Å². The summed E-state index contributed by atoms with van der Waals surface area (Å²) in [5.41, 5.74) is 1.35. The molecule has 0 saturated carbocycles. The van der Waals surface area contributed by atoms with Crippen LogP contribution < -0.4 is 5.32 Å². The van der Waals surface area contributed by atoms with Gasteiger partial charge in [0.1, 0.15) is 0 Å². The van der Waals surface area contributed by atoms with Crippen molar-refractivity contribution in [2.45, 2.75) is 6.23 Å². The number of rotatable bonds is 2. The van der Waals surface area contributed by atoms with E-state index in [0.717, 1.165) is 0 Å². The fourth-order valence-corrected chi connectivity index (χ4v) is 2.38. The van der Waals surface area contributed by atoms with Crippen molar-refractivity contribution in [3.05, 3.63) is 64.2 Å². The lowest BCUT2D eigenvalue weighted by molar-refractivity contribution is 0.0324. The summed E-state index contributed by atoms with van der Waals surface area (Å²) in [7, 11) is 0. The average Bonchev–Trinajstić information content (AvgIpc) is 2.47. The molecule has 0 unspecified atom stereocenters. The Morgan fingerprint density at radius 2 is 2.00 bits per heavy atom. The molecule has 0 saturated heterocycles. The van der Waals surface area contributed by atoms with Gasteiger partial charge >= 0.3 is 11.9 Å². The van der Waals surface area contributed by atoms with E-state index in [-0.39, 0.29) is 5.56 Å². The van der Waals surface area contributed by atoms with E-state index >= 15 is 0 Å². The average molecular weight is 304 g/mol. The third kappa shape index (κ3) is 2.43. The fourth-order valence-electron chi connectivity index (χ4n) is 2.21. The lowest BCUT2D eigenvalue weighted by Gasteiger charge is -2.27. The Balaban J connectivity index is 2.04. The van der Waals surface area contributed by atoms with Crippen LogP contribution in [0.1, 0.15) is 32.5 Å². The van der Waals surface area contributed by atoms with Crippen LogP contribution in [0.25, 0.3) is 0 Å². The summed E-state index contributed by atoms with van der Waals surface area (Å²) in [4.78, 5) is 23.3. The summed E-state index contributed by atoms with van der Waals surface area (Å²) >= 11 is 5.82. The van der Waals surface area contributed by atoms with Crippen LogP contribution >= 0.6 is 11.6 Å². The molecule has 3 rings (SSSR count). The first-order chi connectivity index (χ1) is 10.1. The standard InChI is InChI=1S/C15H10ClNO4/c16-8-5-6-9(11(7-8)14(18)19)13-17-12-4-2-1-3-10(12)15(20)21-13/h1-7,13,17H,(H,18,19)/t13-/m0/s1. The molecule has 1 heterocycles. The van der Waals surface area contributed by atoms with Crippen LogP contribution in [0.3, 0.4) is 0 Å². The van der Waals surface area contributed by atoms with Gasteiger partial charge in [0.2, 0.25) is 6.23 Å². The maximum atomic E-state index is 12.0. The number of hydrogen-bond donors (Lipinski definition) is 2. The van der Waals surface area contributed by atoms with E-state index < -0.39 is 18.2 Å². The van der Waals surface area contributed by atoms with E-state index in [1.54, 1.807) is 30.3 Å². The van der Waals surface area contributed by atoms with E-state index in [1.165, 1.54) is 12.1 Å². The maximum Gasteiger partial charge on any atom is 0.342 e. The number of aromatic carboxylic acids is 1. The molecule has 2 aromatic rings. The predicted molar refractivity (Wildman–Crippen MR) is 76.6 cm³/mol. The number of carbonyl (C=O) groups is 2. The number of esters is 1. The summed E-state index contributed by atoms with van der Waals surface area (Å²) in [6, 6.07) is 11.3. The van der Waals surface area contributed by atoms with E-state index in [4.69, 9.17) is 16.3 Å². The molecule has 0 amide bonds. The molecule has 0 aliphatic carbocycles. The highest BCUT2D eigenvalue weighted by Crippen LogP contribution is 2.32. The second-order valence-corrected chi connectivity index (χ2v) is 4.95. The molecule has 106 valence electrons. The largest absolute Gasteiger partial charge is 0.478 e. The number of ether oxygens (including phenoxy) is 1. The normalized spacial score (nSPS) is 16.6. The van der Waals surface area contributed by atoms with Gasteiger partial charge in [0.25, 0.3) is 0 Å². The number of halogens is 1. The maximum absolute atomic E-state index is 12.0. The van der Waals surface area contributed by atoms with Crippen LogP contribution in [0.2, 0.25) is 5.02 Å². The molecule has 2 aromatic carbocycles. The van der Waals surface area contributed by atoms with Crippen molar-refractivity contribution >= 4 is 29.2 Å². The van der Waals surface area contributed by atoms with Gasteiger partial charge in [-0.2, -0.15) is 0 Å². The van der Waals surface area contributed by atoms with E-state index in [0.29, 0.717) is 21.8 Å². The Morgan fingerprint density at radius 1 is 1.24 bits per heavy atom. The van der Waals surface area contributed by atoms with Gasteiger partial charge in [0.15, 0.2) is 0 Å². The van der Waals surface area contributed by atoms with E-state index in [2.05, 4.69) is 5.32 Å². The highest BCUT2D eigenvalue weighted by atomic mass is 35.5. The van der Waals surface area contributed by atoms with E-state index in [1.807, 2.05) is 0 Å². The molecular weight excluding hydrogens is 294 g/mol. The summed E-state index contributed by atoms with van der Waals surface area (Å²) < 4.78 is 5.27. The van der Waals surface area contributed by atoms with Crippen LogP contribution in [-0.4, -0.2) is 17.0 Å². The molecule has 1 aliphatic rings. The van der Waals surface area contributed by atoms with Crippen molar-refractivity contribution in [1.82, 2.24) is 0 Å². The van der Waals surface area contributed by atoms with Gasteiger partial charge in [0.05, 0.1) is 16.8 Å².